The third kappa shape index (κ3) is 3.84. The van der Waals surface area contributed by atoms with Crippen LogP contribution in [0.3, 0.4) is 0 Å². The predicted octanol–water partition coefficient (Wildman–Crippen LogP) is 3.38. The highest BCUT2D eigenvalue weighted by molar-refractivity contribution is 5.85. The van der Waals surface area contributed by atoms with Gasteiger partial charge in [-0.05, 0) is 24.6 Å². The number of benzene rings is 1. The Labute approximate surface area is 104 Å². The topological polar surface area (TPSA) is 3.24 Å². The van der Waals surface area contributed by atoms with Crippen LogP contribution in [0.15, 0.2) is 48.1 Å². The van der Waals surface area contributed by atoms with Crippen molar-refractivity contribution in [3.8, 4) is 0 Å². The van der Waals surface area contributed by atoms with E-state index < -0.39 is 0 Å². The first-order valence-electron chi connectivity index (χ1n) is 5.45. The minimum atomic E-state index is 0. The highest BCUT2D eigenvalue weighted by Crippen LogP contribution is 2.12. The Hall–Kier alpha value is -1.05. The average Bonchev–Trinajstić information content (AvgIpc) is 2.30. The summed E-state index contributed by atoms with van der Waals surface area (Å²) in [7, 11) is 2.16. The standard InChI is InChI=1S/C14H17N.ClH/c1-15-11-9-14(10-12-15)8-7-13-5-3-2-4-6-13;/h2-9H,10-12H2,1H3;1H. The summed E-state index contributed by atoms with van der Waals surface area (Å²) in [5.41, 5.74) is 2.73. The molecule has 1 aliphatic heterocycles. The average molecular weight is 236 g/mol. The van der Waals surface area contributed by atoms with Gasteiger partial charge in [-0.15, -0.1) is 12.4 Å². The normalized spacial score (nSPS) is 16.9. The van der Waals surface area contributed by atoms with Crippen LogP contribution in [0, 0.1) is 0 Å². The van der Waals surface area contributed by atoms with Crippen molar-refractivity contribution in [2.24, 2.45) is 0 Å². The fourth-order valence-corrected chi connectivity index (χ4v) is 1.71. The maximum Gasteiger partial charge on any atom is 0.0165 e. The summed E-state index contributed by atoms with van der Waals surface area (Å²) in [5.74, 6) is 0. The highest BCUT2D eigenvalue weighted by Gasteiger charge is 2.04. The molecular weight excluding hydrogens is 218 g/mol. The van der Waals surface area contributed by atoms with Crippen LogP contribution >= 0.6 is 12.4 Å². The molecule has 0 spiro atoms. The predicted molar refractivity (Wildman–Crippen MR) is 72.9 cm³/mol. The largest absolute Gasteiger partial charge is 0.302 e. The Balaban J connectivity index is 0.00000128. The van der Waals surface area contributed by atoms with E-state index in [2.05, 4.69) is 54.4 Å². The van der Waals surface area contributed by atoms with E-state index in [-0.39, 0.29) is 12.4 Å². The fourth-order valence-electron chi connectivity index (χ4n) is 1.71. The van der Waals surface area contributed by atoms with Crippen molar-refractivity contribution in [1.82, 2.24) is 4.90 Å². The molecule has 16 heavy (non-hydrogen) atoms. The first kappa shape index (κ1) is 13.0. The van der Waals surface area contributed by atoms with Crippen LogP contribution in [-0.4, -0.2) is 25.0 Å². The number of rotatable bonds is 2. The molecule has 0 radical (unpaired) electrons. The number of hydrogen-bond donors (Lipinski definition) is 0. The second-order valence-electron chi connectivity index (χ2n) is 4.04. The van der Waals surface area contributed by atoms with Gasteiger partial charge in [0.15, 0.2) is 0 Å². The van der Waals surface area contributed by atoms with Crippen molar-refractivity contribution in [2.75, 3.05) is 20.1 Å². The number of hydrogen-bond acceptors (Lipinski definition) is 1. The minimum Gasteiger partial charge on any atom is -0.302 e. The van der Waals surface area contributed by atoms with Crippen LogP contribution in [0.25, 0.3) is 6.08 Å². The third-order valence-electron chi connectivity index (χ3n) is 2.74. The van der Waals surface area contributed by atoms with Crippen LogP contribution in [0.1, 0.15) is 12.0 Å². The van der Waals surface area contributed by atoms with Gasteiger partial charge in [0.05, 0.1) is 0 Å². The van der Waals surface area contributed by atoms with E-state index in [1.807, 2.05) is 6.07 Å². The molecule has 0 amide bonds. The summed E-state index contributed by atoms with van der Waals surface area (Å²) in [6.07, 6.45) is 7.91. The lowest BCUT2D eigenvalue weighted by molar-refractivity contribution is 0.361. The van der Waals surface area contributed by atoms with E-state index in [9.17, 15) is 0 Å². The molecule has 2 heteroatoms. The van der Waals surface area contributed by atoms with Gasteiger partial charge in [-0.3, -0.25) is 0 Å². The number of halogens is 1. The Morgan fingerprint density at radius 1 is 1.12 bits per heavy atom. The molecule has 1 aromatic rings. The summed E-state index contributed by atoms with van der Waals surface area (Å²) in [4.78, 5) is 2.33. The molecule has 2 rings (SSSR count). The van der Waals surface area contributed by atoms with Crippen molar-refractivity contribution in [3.05, 3.63) is 53.6 Å². The highest BCUT2D eigenvalue weighted by atomic mass is 35.5. The molecule has 1 heterocycles. The summed E-state index contributed by atoms with van der Waals surface area (Å²) in [6, 6.07) is 10.5. The lowest BCUT2D eigenvalue weighted by Crippen LogP contribution is -2.23. The van der Waals surface area contributed by atoms with Gasteiger partial charge in [-0.25, -0.2) is 0 Å². The summed E-state index contributed by atoms with van der Waals surface area (Å²) in [6.45, 7) is 2.25. The molecule has 1 aromatic carbocycles. The van der Waals surface area contributed by atoms with Gasteiger partial charge in [-0.1, -0.05) is 48.6 Å². The number of nitrogens with zero attached hydrogens (tertiary/aromatic N) is 1. The molecule has 86 valence electrons. The van der Waals surface area contributed by atoms with Gasteiger partial charge < -0.3 is 4.90 Å². The zero-order chi connectivity index (χ0) is 10.5. The van der Waals surface area contributed by atoms with Gasteiger partial charge in [0.25, 0.3) is 0 Å². The van der Waals surface area contributed by atoms with Crippen LogP contribution in [0.4, 0.5) is 0 Å². The third-order valence-corrected chi connectivity index (χ3v) is 2.74. The second kappa shape index (κ2) is 6.51. The fraction of sp³-hybridized carbons (Fsp3) is 0.286. The lowest BCUT2D eigenvalue weighted by atomic mass is 10.1. The Bertz CT molecular complexity index is 368. The molecule has 0 saturated heterocycles. The smallest absolute Gasteiger partial charge is 0.0165 e. The van der Waals surface area contributed by atoms with E-state index in [4.69, 9.17) is 0 Å². The van der Waals surface area contributed by atoms with E-state index in [1.165, 1.54) is 24.1 Å². The number of likely N-dealkylation sites (N-methyl/N-ethyl adjacent to an activating group) is 1. The molecule has 1 nitrogen and oxygen atoms in total. The summed E-state index contributed by atoms with van der Waals surface area (Å²) >= 11 is 0. The van der Waals surface area contributed by atoms with E-state index in [0.29, 0.717) is 0 Å². The second-order valence-corrected chi connectivity index (χ2v) is 4.04. The van der Waals surface area contributed by atoms with Crippen LogP contribution < -0.4 is 0 Å². The molecule has 0 N–H and O–H groups in total. The molecule has 0 unspecified atom stereocenters. The molecule has 0 atom stereocenters. The first-order valence-corrected chi connectivity index (χ1v) is 5.45. The van der Waals surface area contributed by atoms with Gasteiger partial charge in [-0.2, -0.15) is 0 Å². The molecule has 0 aromatic heterocycles. The van der Waals surface area contributed by atoms with Crippen LogP contribution in [-0.2, 0) is 0 Å². The molecule has 0 fully saturated rings. The molecule has 0 saturated carbocycles. The van der Waals surface area contributed by atoms with Gasteiger partial charge in [0, 0.05) is 13.1 Å². The molecule has 0 aliphatic carbocycles. The first-order chi connectivity index (χ1) is 7.34. The van der Waals surface area contributed by atoms with Crippen molar-refractivity contribution >= 4 is 18.5 Å². The SMILES string of the molecule is CN1CC=C(C=Cc2ccccc2)CC1.Cl. The molecule has 0 bridgehead atoms. The maximum absolute atomic E-state index is 2.33. The monoisotopic (exact) mass is 235 g/mol. The summed E-state index contributed by atoms with van der Waals surface area (Å²) in [5, 5.41) is 0. The van der Waals surface area contributed by atoms with Gasteiger partial charge in [0.2, 0.25) is 0 Å². The lowest BCUT2D eigenvalue weighted by Gasteiger charge is -2.20. The Morgan fingerprint density at radius 2 is 1.88 bits per heavy atom. The molecule has 1 aliphatic rings. The van der Waals surface area contributed by atoms with Crippen molar-refractivity contribution < 1.29 is 0 Å². The van der Waals surface area contributed by atoms with Gasteiger partial charge >= 0.3 is 0 Å². The van der Waals surface area contributed by atoms with Crippen LogP contribution in [0.2, 0.25) is 0 Å². The van der Waals surface area contributed by atoms with E-state index in [1.54, 1.807) is 0 Å². The number of allylic oxidation sites excluding steroid dienone is 1. The zero-order valence-electron chi connectivity index (χ0n) is 9.60. The van der Waals surface area contributed by atoms with Crippen molar-refractivity contribution in [1.29, 1.82) is 0 Å². The van der Waals surface area contributed by atoms with Crippen LogP contribution in [0.5, 0.6) is 0 Å². The van der Waals surface area contributed by atoms with Crippen molar-refractivity contribution in [2.45, 2.75) is 6.42 Å². The quantitative estimate of drug-likeness (QED) is 0.760. The summed E-state index contributed by atoms with van der Waals surface area (Å²) < 4.78 is 0. The van der Waals surface area contributed by atoms with Gasteiger partial charge in [0.1, 0.15) is 0 Å². The maximum atomic E-state index is 2.33. The molecular formula is C14H18ClN. The Morgan fingerprint density at radius 3 is 2.50 bits per heavy atom. The Kier molecular flexibility index (Phi) is 5.30. The van der Waals surface area contributed by atoms with E-state index in [0.717, 1.165) is 6.54 Å². The van der Waals surface area contributed by atoms with E-state index >= 15 is 0 Å². The van der Waals surface area contributed by atoms with Crippen molar-refractivity contribution in [3.63, 3.8) is 0 Å². The minimum absolute atomic E-state index is 0. The zero-order valence-corrected chi connectivity index (χ0v) is 10.4.